The van der Waals surface area contributed by atoms with Crippen LogP contribution in [0.5, 0.6) is 0 Å². The molecule has 1 unspecified atom stereocenters. The molecule has 4 nitrogen and oxygen atoms in total. The van der Waals surface area contributed by atoms with Crippen LogP contribution in [0.2, 0.25) is 15.1 Å². The molecule has 0 aromatic heterocycles. The maximum absolute atomic E-state index is 13.7. The Bertz CT molecular complexity index is 1190. The van der Waals surface area contributed by atoms with Gasteiger partial charge in [-0.3, -0.25) is 9.59 Å². The number of amides is 2. The van der Waals surface area contributed by atoms with Gasteiger partial charge in [0.25, 0.3) is 0 Å². The summed E-state index contributed by atoms with van der Waals surface area (Å²) in [6, 6.07) is 22.0. The quantitative estimate of drug-likeness (QED) is 0.162. The van der Waals surface area contributed by atoms with Gasteiger partial charge in [0.15, 0.2) is 0 Å². The van der Waals surface area contributed by atoms with Crippen molar-refractivity contribution in [3.8, 4) is 0 Å². The van der Waals surface area contributed by atoms with Crippen LogP contribution in [0.3, 0.4) is 0 Å². The first-order chi connectivity index (χ1) is 18.2. The molecule has 3 rings (SSSR count). The van der Waals surface area contributed by atoms with Crippen LogP contribution < -0.4 is 5.32 Å². The average molecular weight is 592 g/mol. The highest BCUT2D eigenvalue weighted by Crippen LogP contribution is 2.26. The van der Waals surface area contributed by atoms with E-state index in [0.717, 1.165) is 21.8 Å². The summed E-state index contributed by atoms with van der Waals surface area (Å²) < 4.78 is 0. The van der Waals surface area contributed by atoms with Gasteiger partial charge in [-0.2, -0.15) is 0 Å². The topological polar surface area (TPSA) is 49.4 Å². The zero-order valence-electron chi connectivity index (χ0n) is 21.6. The Morgan fingerprint density at radius 1 is 0.921 bits per heavy atom. The maximum atomic E-state index is 13.7. The third-order valence-corrected chi connectivity index (χ3v) is 7.87. The summed E-state index contributed by atoms with van der Waals surface area (Å²) in [5.41, 5.74) is 1.73. The molecule has 0 aliphatic rings. The molecular formula is C30H33Cl3N2O2S. The SMILES string of the molecule is CC(C)CNC(=O)C(Cc1ccccc1)N(Cc1ccc(Cl)cc1Cl)C(=O)CCCSc1ccc(Cl)cc1. The Morgan fingerprint density at radius 3 is 2.26 bits per heavy atom. The molecule has 0 aliphatic heterocycles. The smallest absolute Gasteiger partial charge is 0.243 e. The third kappa shape index (κ3) is 9.85. The van der Waals surface area contributed by atoms with E-state index in [4.69, 9.17) is 34.8 Å². The van der Waals surface area contributed by atoms with Crippen molar-refractivity contribution in [2.24, 2.45) is 5.92 Å². The van der Waals surface area contributed by atoms with Crippen molar-refractivity contribution < 1.29 is 9.59 Å². The van der Waals surface area contributed by atoms with Crippen molar-refractivity contribution in [3.63, 3.8) is 0 Å². The van der Waals surface area contributed by atoms with E-state index in [2.05, 4.69) is 5.32 Å². The Balaban J connectivity index is 1.81. The van der Waals surface area contributed by atoms with Crippen LogP contribution in [0.1, 0.15) is 37.8 Å². The maximum Gasteiger partial charge on any atom is 0.243 e. The number of benzene rings is 3. The molecule has 1 N–H and O–H groups in total. The number of nitrogens with one attached hydrogen (secondary N) is 1. The van der Waals surface area contributed by atoms with Gasteiger partial charge in [0.1, 0.15) is 6.04 Å². The van der Waals surface area contributed by atoms with Crippen LogP contribution in [0, 0.1) is 5.92 Å². The summed E-state index contributed by atoms with van der Waals surface area (Å²) in [5, 5.41) is 4.72. The van der Waals surface area contributed by atoms with Gasteiger partial charge in [-0.05, 0) is 65.6 Å². The highest BCUT2D eigenvalue weighted by atomic mass is 35.5. The Labute approximate surface area is 245 Å². The van der Waals surface area contributed by atoms with E-state index in [0.29, 0.717) is 40.9 Å². The third-order valence-electron chi connectivity index (χ3n) is 5.93. The fourth-order valence-corrected chi connectivity index (χ4v) is 5.34. The highest BCUT2D eigenvalue weighted by Gasteiger charge is 2.30. The number of rotatable bonds is 13. The zero-order valence-corrected chi connectivity index (χ0v) is 24.7. The molecule has 3 aromatic carbocycles. The minimum atomic E-state index is -0.681. The lowest BCUT2D eigenvalue weighted by atomic mass is 10.0. The molecule has 0 fully saturated rings. The van der Waals surface area contributed by atoms with Crippen molar-refractivity contribution in [1.82, 2.24) is 10.2 Å². The lowest BCUT2D eigenvalue weighted by Crippen LogP contribution is -2.51. The van der Waals surface area contributed by atoms with Gasteiger partial charge in [-0.1, -0.05) is 85.0 Å². The fraction of sp³-hybridized carbons (Fsp3) is 0.333. The second-order valence-electron chi connectivity index (χ2n) is 9.51. The highest BCUT2D eigenvalue weighted by molar-refractivity contribution is 7.99. The van der Waals surface area contributed by atoms with E-state index in [1.54, 1.807) is 28.8 Å². The molecule has 38 heavy (non-hydrogen) atoms. The number of carbonyl (C=O) groups excluding carboxylic acids is 2. The molecule has 8 heteroatoms. The zero-order chi connectivity index (χ0) is 27.5. The van der Waals surface area contributed by atoms with E-state index >= 15 is 0 Å². The van der Waals surface area contributed by atoms with Gasteiger partial charge in [-0.25, -0.2) is 0 Å². The number of halogens is 3. The molecule has 0 saturated heterocycles. The molecule has 0 heterocycles. The largest absolute Gasteiger partial charge is 0.354 e. The van der Waals surface area contributed by atoms with Crippen molar-refractivity contribution in [2.45, 2.75) is 50.6 Å². The Kier molecular flexibility index (Phi) is 12.3. The summed E-state index contributed by atoms with van der Waals surface area (Å²) >= 11 is 20.3. The van der Waals surface area contributed by atoms with E-state index in [1.165, 1.54) is 0 Å². The van der Waals surface area contributed by atoms with Gasteiger partial charge >= 0.3 is 0 Å². The van der Waals surface area contributed by atoms with Crippen molar-refractivity contribution in [1.29, 1.82) is 0 Å². The fourth-order valence-electron chi connectivity index (χ4n) is 3.90. The predicted octanol–water partition coefficient (Wildman–Crippen LogP) is 7.93. The Morgan fingerprint density at radius 2 is 1.61 bits per heavy atom. The summed E-state index contributed by atoms with van der Waals surface area (Å²) in [6.45, 7) is 4.83. The van der Waals surface area contributed by atoms with Crippen LogP contribution >= 0.6 is 46.6 Å². The molecule has 202 valence electrons. The minimum Gasteiger partial charge on any atom is -0.354 e. The number of hydrogen-bond donors (Lipinski definition) is 1. The average Bonchev–Trinajstić information content (AvgIpc) is 2.89. The van der Waals surface area contributed by atoms with Crippen LogP contribution in [0.25, 0.3) is 0 Å². The van der Waals surface area contributed by atoms with Crippen LogP contribution in [-0.2, 0) is 22.6 Å². The number of hydrogen-bond acceptors (Lipinski definition) is 3. The van der Waals surface area contributed by atoms with Gasteiger partial charge in [0.05, 0.1) is 0 Å². The predicted molar refractivity (Wildman–Crippen MR) is 160 cm³/mol. The van der Waals surface area contributed by atoms with E-state index in [1.807, 2.05) is 74.5 Å². The lowest BCUT2D eigenvalue weighted by molar-refractivity contribution is -0.141. The normalized spacial score (nSPS) is 11.8. The van der Waals surface area contributed by atoms with Gasteiger partial charge in [0, 0.05) is 45.9 Å². The monoisotopic (exact) mass is 590 g/mol. The number of nitrogens with zero attached hydrogens (tertiary/aromatic N) is 1. The molecule has 0 spiro atoms. The first-order valence-electron chi connectivity index (χ1n) is 12.7. The molecule has 1 atom stereocenters. The molecular weight excluding hydrogens is 559 g/mol. The first kappa shape index (κ1) is 30.4. The molecule has 0 aliphatic carbocycles. The number of carbonyl (C=O) groups is 2. The number of thioether (sulfide) groups is 1. The summed E-state index contributed by atoms with van der Waals surface area (Å²) in [4.78, 5) is 30.0. The van der Waals surface area contributed by atoms with Crippen LogP contribution in [0.4, 0.5) is 0 Å². The van der Waals surface area contributed by atoms with Gasteiger partial charge < -0.3 is 10.2 Å². The van der Waals surface area contributed by atoms with Gasteiger partial charge in [0.2, 0.25) is 11.8 Å². The standard InChI is InChI=1S/C30H33Cl3N2O2S/c1-21(2)19-34-30(37)28(17-22-7-4-3-5-8-22)35(20-23-10-11-25(32)18-27(23)33)29(36)9-6-16-38-26-14-12-24(31)13-15-26/h3-5,7-8,10-15,18,21,28H,6,9,16-17,19-20H2,1-2H3,(H,34,37). The molecule has 2 amide bonds. The van der Waals surface area contributed by atoms with E-state index in [-0.39, 0.29) is 24.3 Å². The van der Waals surface area contributed by atoms with Crippen LogP contribution in [0.15, 0.2) is 77.7 Å². The summed E-state index contributed by atoms with van der Waals surface area (Å²) in [7, 11) is 0. The van der Waals surface area contributed by atoms with Crippen molar-refractivity contribution >= 4 is 58.4 Å². The van der Waals surface area contributed by atoms with E-state index in [9.17, 15) is 9.59 Å². The van der Waals surface area contributed by atoms with Crippen molar-refractivity contribution in [2.75, 3.05) is 12.3 Å². The molecule has 0 bridgehead atoms. The van der Waals surface area contributed by atoms with Crippen molar-refractivity contribution in [3.05, 3.63) is 99.0 Å². The molecule has 0 radical (unpaired) electrons. The second-order valence-corrected chi connectivity index (χ2v) is 12.0. The lowest BCUT2D eigenvalue weighted by Gasteiger charge is -2.32. The minimum absolute atomic E-state index is 0.0895. The van der Waals surface area contributed by atoms with Gasteiger partial charge in [-0.15, -0.1) is 11.8 Å². The molecule has 3 aromatic rings. The molecule has 0 saturated carbocycles. The van der Waals surface area contributed by atoms with Crippen LogP contribution in [-0.4, -0.2) is 35.1 Å². The first-order valence-corrected chi connectivity index (χ1v) is 14.8. The Hall–Kier alpha value is -2.18. The second kappa shape index (κ2) is 15.4. The summed E-state index contributed by atoms with van der Waals surface area (Å²) in [5.74, 6) is 0.798. The summed E-state index contributed by atoms with van der Waals surface area (Å²) in [6.07, 6.45) is 1.39. The van der Waals surface area contributed by atoms with E-state index < -0.39 is 6.04 Å².